The summed E-state index contributed by atoms with van der Waals surface area (Å²) in [4.78, 5) is 0. The molecular weight excluding hydrogens is 328 g/mol. The molecule has 0 radical (unpaired) electrons. The van der Waals surface area contributed by atoms with E-state index in [4.69, 9.17) is 0 Å². The number of hydrogen-bond donors (Lipinski definition) is 1. The van der Waals surface area contributed by atoms with E-state index in [2.05, 4.69) is 51.1 Å². The second-order valence-corrected chi connectivity index (χ2v) is 10.5. The molecule has 1 aromatic rings. The van der Waals surface area contributed by atoms with Crippen molar-refractivity contribution in [1.82, 2.24) is 0 Å². The Morgan fingerprint density at radius 1 is 1.22 bits per heavy atom. The molecule has 4 aliphatic rings. The van der Waals surface area contributed by atoms with E-state index in [1.165, 1.54) is 44.1 Å². The van der Waals surface area contributed by atoms with Crippen molar-refractivity contribution in [3.8, 4) is 0 Å². The minimum Gasteiger partial charge on any atom is -0.389 e. The van der Waals surface area contributed by atoms with Crippen LogP contribution >= 0.6 is 0 Å². The molecular formula is C26H36O. The van der Waals surface area contributed by atoms with Crippen molar-refractivity contribution < 1.29 is 5.11 Å². The SMILES string of the molecule is CCC[C@@H]1Cc2cc(C)ccc2C2CC[C@@]3(C)C(C[C@H]4CC=CC[C@]43O)C21. The van der Waals surface area contributed by atoms with Crippen molar-refractivity contribution in [2.45, 2.75) is 83.7 Å². The number of allylic oxidation sites excluding steroid dienone is 1. The molecule has 146 valence electrons. The first kappa shape index (κ1) is 18.0. The lowest BCUT2D eigenvalue weighted by Crippen LogP contribution is -2.54. The first-order chi connectivity index (χ1) is 13.0. The van der Waals surface area contributed by atoms with E-state index in [1.54, 1.807) is 11.1 Å². The predicted molar refractivity (Wildman–Crippen MR) is 112 cm³/mol. The van der Waals surface area contributed by atoms with Crippen LogP contribution in [0.1, 0.15) is 81.4 Å². The van der Waals surface area contributed by atoms with Gasteiger partial charge >= 0.3 is 0 Å². The molecule has 0 saturated heterocycles. The molecule has 1 nitrogen and oxygen atoms in total. The van der Waals surface area contributed by atoms with Crippen molar-refractivity contribution in [2.75, 3.05) is 0 Å². The highest BCUT2D eigenvalue weighted by molar-refractivity contribution is 5.39. The smallest absolute Gasteiger partial charge is 0.0769 e. The Morgan fingerprint density at radius 3 is 2.89 bits per heavy atom. The summed E-state index contributed by atoms with van der Waals surface area (Å²) in [7, 11) is 0. The van der Waals surface area contributed by atoms with Gasteiger partial charge in [0.2, 0.25) is 0 Å². The van der Waals surface area contributed by atoms with Crippen molar-refractivity contribution in [2.24, 2.45) is 29.1 Å². The summed E-state index contributed by atoms with van der Waals surface area (Å²) in [5.74, 6) is 3.47. The van der Waals surface area contributed by atoms with Crippen molar-refractivity contribution in [3.05, 3.63) is 47.0 Å². The minimum atomic E-state index is -0.457. The average molecular weight is 365 g/mol. The zero-order valence-electron chi connectivity index (χ0n) is 17.4. The molecule has 0 aliphatic heterocycles. The molecule has 5 rings (SSSR count). The lowest BCUT2D eigenvalue weighted by Gasteiger charge is -2.56. The Balaban J connectivity index is 1.58. The number of aliphatic hydroxyl groups is 1. The van der Waals surface area contributed by atoms with E-state index in [0.29, 0.717) is 11.8 Å². The van der Waals surface area contributed by atoms with Crippen LogP contribution in [0.5, 0.6) is 0 Å². The summed E-state index contributed by atoms with van der Waals surface area (Å²) in [6.45, 7) is 7.05. The molecule has 0 amide bonds. The lowest BCUT2D eigenvalue weighted by molar-refractivity contribution is -0.126. The summed E-state index contributed by atoms with van der Waals surface area (Å²) in [5.41, 5.74) is 4.35. The van der Waals surface area contributed by atoms with Crippen LogP contribution in [0.3, 0.4) is 0 Å². The lowest BCUT2D eigenvalue weighted by atomic mass is 9.50. The third-order valence-corrected chi connectivity index (χ3v) is 9.33. The topological polar surface area (TPSA) is 20.2 Å². The van der Waals surface area contributed by atoms with Gasteiger partial charge in [0.25, 0.3) is 0 Å². The molecule has 27 heavy (non-hydrogen) atoms. The van der Waals surface area contributed by atoms with Crippen molar-refractivity contribution in [3.63, 3.8) is 0 Å². The van der Waals surface area contributed by atoms with Crippen LogP contribution in [-0.4, -0.2) is 10.7 Å². The van der Waals surface area contributed by atoms with Crippen LogP contribution < -0.4 is 0 Å². The van der Waals surface area contributed by atoms with Crippen LogP contribution in [0, 0.1) is 36.0 Å². The third kappa shape index (κ3) is 2.40. The fourth-order valence-electron chi connectivity index (χ4n) is 8.05. The van der Waals surface area contributed by atoms with Gasteiger partial charge in [-0.2, -0.15) is 0 Å². The molecule has 2 fully saturated rings. The van der Waals surface area contributed by atoms with E-state index in [-0.39, 0.29) is 5.41 Å². The van der Waals surface area contributed by atoms with Gasteiger partial charge in [0.1, 0.15) is 0 Å². The highest BCUT2D eigenvalue weighted by Crippen LogP contribution is 2.68. The Hall–Kier alpha value is -1.08. The maximum atomic E-state index is 11.9. The standard InChI is InChI=1S/C26H36O/c1-4-7-18-15-19-14-17(2)9-10-21(19)22-11-13-25(3)23(24(18)22)16-20-8-5-6-12-26(20,25)27/h5-6,9-10,14,18,20,22-24,27H,4,7-8,11-13,15-16H2,1-3H3/t18-,20-,22?,23?,24?,25+,26+/m1/s1. The van der Waals surface area contributed by atoms with Crippen molar-refractivity contribution >= 4 is 0 Å². The molecule has 0 spiro atoms. The fourth-order valence-corrected chi connectivity index (χ4v) is 8.05. The predicted octanol–water partition coefficient (Wildman–Crippen LogP) is 6.18. The van der Waals surface area contributed by atoms with Gasteiger partial charge in [-0.3, -0.25) is 0 Å². The number of benzene rings is 1. The molecule has 4 aliphatic carbocycles. The molecule has 1 aromatic carbocycles. The van der Waals surface area contributed by atoms with E-state index >= 15 is 0 Å². The van der Waals surface area contributed by atoms with Gasteiger partial charge in [-0.15, -0.1) is 0 Å². The first-order valence-corrected chi connectivity index (χ1v) is 11.4. The van der Waals surface area contributed by atoms with E-state index in [1.807, 2.05) is 0 Å². The van der Waals surface area contributed by atoms with Crippen LogP contribution in [0.15, 0.2) is 30.4 Å². The fraction of sp³-hybridized carbons (Fsp3) is 0.692. The molecule has 3 unspecified atom stereocenters. The largest absolute Gasteiger partial charge is 0.389 e. The van der Waals surface area contributed by atoms with Crippen LogP contribution in [0.4, 0.5) is 0 Å². The number of fused-ring (bicyclic) bond motifs is 7. The Labute approximate surface area is 165 Å². The van der Waals surface area contributed by atoms with Gasteiger partial charge in [-0.1, -0.05) is 62.6 Å². The van der Waals surface area contributed by atoms with Crippen LogP contribution in [-0.2, 0) is 6.42 Å². The molecule has 7 atom stereocenters. The molecule has 2 saturated carbocycles. The third-order valence-electron chi connectivity index (χ3n) is 9.33. The Kier molecular flexibility index (Phi) is 4.14. The van der Waals surface area contributed by atoms with Gasteiger partial charge < -0.3 is 5.11 Å². The van der Waals surface area contributed by atoms with Crippen molar-refractivity contribution in [1.29, 1.82) is 0 Å². The highest BCUT2D eigenvalue weighted by Gasteiger charge is 2.66. The summed E-state index contributed by atoms with van der Waals surface area (Å²) in [6, 6.07) is 7.25. The van der Waals surface area contributed by atoms with E-state index in [0.717, 1.165) is 30.6 Å². The maximum absolute atomic E-state index is 11.9. The monoisotopic (exact) mass is 364 g/mol. The van der Waals surface area contributed by atoms with E-state index in [9.17, 15) is 5.11 Å². The summed E-state index contributed by atoms with van der Waals surface area (Å²) >= 11 is 0. The van der Waals surface area contributed by atoms with Gasteiger partial charge in [-0.25, -0.2) is 0 Å². The second kappa shape index (κ2) is 6.21. The maximum Gasteiger partial charge on any atom is 0.0769 e. The van der Waals surface area contributed by atoms with Gasteiger partial charge in [0.05, 0.1) is 5.60 Å². The quantitative estimate of drug-likeness (QED) is 0.621. The summed E-state index contributed by atoms with van der Waals surface area (Å²) in [5, 5.41) is 11.9. The van der Waals surface area contributed by atoms with Gasteiger partial charge in [0, 0.05) is 5.41 Å². The Bertz CT molecular complexity index is 763. The Morgan fingerprint density at radius 2 is 2.07 bits per heavy atom. The zero-order valence-corrected chi connectivity index (χ0v) is 17.4. The second-order valence-electron chi connectivity index (χ2n) is 10.5. The highest BCUT2D eigenvalue weighted by atomic mass is 16.3. The first-order valence-electron chi connectivity index (χ1n) is 11.4. The summed E-state index contributed by atoms with van der Waals surface area (Å²) < 4.78 is 0. The van der Waals surface area contributed by atoms with Gasteiger partial charge in [0.15, 0.2) is 0 Å². The molecule has 1 heteroatoms. The normalized spacial score (nSPS) is 45.0. The van der Waals surface area contributed by atoms with Gasteiger partial charge in [-0.05, 0) is 86.2 Å². The van der Waals surface area contributed by atoms with E-state index < -0.39 is 5.60 Å². The average Bonchev–Trinajstić information content (AvgIpc) is 2.89. The minimum absolute atomic E-state index is 0.109. The number of aryl methyl sites for hydroxylation is 1. The molecule has 0 bridgehead atoms. The number of rotatable bonds is 2. The molecule has 0 aromatic heterocycles. The van der Waals surface area contributed by atoms with Crippen LogP contribution in [0.25, 0.3) is 0 Å². The molecule has 0 heterocycles. The zero-order chi connectivity index (χ0) is 18.8. The number of hydrogen-bond acceptors (Lipinski definition) is 1. The van der Waals surface area contributed by atoms with Crippen LogP contribution in [0.2, 0.25) is 0 Å². The molecule has 1 N–H and O–H groups in total. The summed E-state index contributed by atoms with van der Waals surface area (Å²) in [6.07, 6.45) is 14.2.